The van der Waals surface area contributed by atoms with Crippen LogP contribution < -0.4 is 5.32 Å². The van der Waals surface area contributed by atoms with E-state index in [1.165, 1.54) is 63.1 Å². The highest BCUT2D eigenvalue weighted by molar-refractivity contribution is 7.99. The lowest BCUT2D eigenvalue weighted by Crippen LogP contribution is -2.60. The molecule has 1 N–H and O–H groups in total. The molecule has 7 heteroatoms. The van der Waals surface area contributed by atoms with E-state index in [9.17, 15) is 4.79 Å². The topological polar surface area (TPSA) is 59.8 Å². The van der Waals surface area contributed by atoms with Crippen LogP contribution in [0.3, 0.4) is 0 Å². The zero-order valence-electron chi connectivity index (χ0n) is 18.4. The third kappa shape index (κ3) is 3.87. The molecule has 5 saturated carbocycles. The smallest absolute Gasteiger partial charge is 0.230 e. The Balaban J connectivity index is 1.19. The lowest BCUT2D eigenvalue weighted by atomic mass is 9.53. The van der Waals surface area contributed by atoms with Crippen molar-refractivity contribution in [2.45, 2.75) is 80.9 Å². The summed E-state index contributed by atoms with van der Waals surface area (Å²) in [5.41, 5.74) is 0.979. The summed E-state index contributed by atoms with van der Waals surface area (Å²) in [6.07, 6.45) is 12.4. The molecule has 0 saturated heterocycles. The van der Waals surface area contributed by atoms with E-state index in [0.717, 1.165) is 47.1 Å². The van der Waals surface area contributed by atoms with Crippen LogP contribution >= 0.6 is 23.4 Å². The van der Waals surface area contributed by atoms with Crippen molar-refractivity contribution in [3.8, 4) is 11.4 Å². The van der Waals surface area contributed by atoms with E-state index in [4.69, 9.17) is 11.6 Å². The highest BCUT2D eigenvalue weighted by atomic mass is 35.5. The molecule has 0 unspecified atom stereocenters. The van der Waals surface area contributed by atoms with Crippen LogP contribution in [-0.4, -0.2) is 32.0 Å². The van der Waals surface area contributed by atoms with Gasteiger partial charge in [0.1, 0.15) is 0 Å². The van der Waals surface area contributed by atoms with E-state index in [1.54, 1.807) is 0 Å². The Hall–Kier alpha value is -1.53. The first-order valence-electron chi connectivity index (χ1n) is 12.2. The molecule has 7 rings (SSSR count). The number of rotatable bonds is 6. The molecule has 5 aliphatic rings. The summed E-state index contributed by atoms with van der Waals surface area (Å²) in [4.78, 5) is 13.1. The van der Waals surface area contributed by atoms with Gasteiger partial charge in [-0.2, -0.15) is 0 Å². The highest BCUT2D eigenvalue weighted by Crippen LogP contribution is 2.55. The SMILES string of the molecule is O=C(CSc1nnc(-c2ccccc2Cl)n1C1CCCC1)NC12CC3CC(CC(C3)C1)C2. The molecule has 1 aromatic carbocycles. The number of benzene rings is 1. The van der Waals surface area contributed by atoms with Gasteiger partial charge in [-0.25, -0.2) is 0 Å². The van der Waals surface area contributed by atoms with E-state index >= 15 is 0 Å². The van der Waals surface area contributed by atoms with Crippen LogP contribution in [0.4, 0.5) is 0 Å². The van der Waals surface area contributed by atoms with Crippen LogP contribution in [0, 0.1) is 17.8 Å². The van der Waals surface area contributed by atoms with Crippen LogP contribution in [0.15, 0.2) is 29.4 Å². The van der Waals surface area contributed by atoms with Gasteiger partial charge in [-0.15, -0.1) is 10.2 Å². The number of nitrogens with one attached hydrogen (secondary N) is 1. The van der Waals surface area contributed by atoms with Gasteiger partial charge in [-0.05, 0) is 81.3 Å². The summed E-state index contributed by atoms with van der Waals surface area (Å²) in [6, 6.07) is 8.21. The number of hydrogen-bond acceptors (Lipinski definition) is 4. The second-order valence-corrected chi connectivity index (χ2v) is 12.0. The number of amides is 1. The van der Waals surface area contributed by atoms with Crippen molar-refractivity contribution < 1.29 is 4.79 Å². The fourth-order valence-electron chi connectivity index (χ4n) is 7.42. The lowest BCUT2D eigenvalue weighted by molar-refractivity contribution is -0.124. The van der Waals surface area contributed by atoms with Gasteiger partial charge in [0.15, 0.2) is 11.0 Å². The summed E-state index contributed by atoms with van der Waals surface area (Å²) >= 11 is 8.02. The quantitative estimate of drug-likeness (QED) is 0.534. The first-order chi connectivity index (χ1) is 15.6. The van der Waals surface area contributed by atoms with Crippen molar-refractivity contribution >= 4 is 29.3 Å². The van der Waals surface area contributed by atoms with Gasteiger partial charge < -0.3 is 5.32 Å². The number of thioether (sulfide) groups is 1. The third-order valence-corrected chi connectivity index (χ3v) is 9.52. The molecule has 5 nitrogen and oxygen atoms in total. The molecule has 32 heavy (non-hydrogen) atoms. The Kier molecular flexibility index (Phi) is 5.49. The van der Waals surface area contributed by atoms with Crippen LogP contribution in [0.2, 0.25) is 5.02 Å². The summed E-state index contributed by atoms with van der Waals surface area (Å²) in [6.45, 7) is 0. The van der Waals surface area contributed by atoms with Crippen molar-refractivity contribution in [3.05, 3.63) is 29.3 Å². The maximum absolute atomic E-state index is 13.1. The van der Waals surface area contributed by atoms with E-state index in [-0.39, 0.29) is 11.4 Å². The van der Waals surface area contributed by atoms with E-state index < -0.39 is 0 Å². The highest BCUT2D eigenvalue weighted by Gasteiger charge is 2.51. The normalized spacial score (nSPS) is 31.3. The fourth-order valence-corrected chi connectivity index (χ4v) is 8.44. The van der Waals surface area contributed by atoms with Gasteiger partial charge >= 0.3 is 0 Å². The average molecular weight is 471 g/mol. The molecular formula is C25H31ClN4OS. The summed E-state index contributed by atoms with van der Waals surface area (Å²) in [5.74, 6) is 3.87. The number of carbonyl (C=O) groups excluding carboxylic acids is 1. The predicted molar refractivity (Wildman–Crippen MR) is 128 cm³/mol. The van der Waals surface area contributed by atoms with Crippen LogP contribution in [0.1, 0.15) is 70.3 Å². The predicted octanol–water partition coefficient (Wildman–Crippen LogP) is 5.89. The molecule has 5 fully saturated rings. The summed E-state index contributed by atoms with van der Waals surface area (Å²) < 4.78 is 2.25. The molecule has 1 heterocycles. The molecule has 2 aromatic rings. The number of halogens is 1. The maximum atomic E-state index is 13.1. The molecule has 1 amide bonds. The molecule has 0 atom stereocenters. The van der Waals surface area contributed by atoms with Crippen molar-refractivity contribution in [2.75, 3.05) is 5.75 Å². The zero-order chi connectivity index (χ0) is 21.7. The minimum atomic E-state index is 0.0637. The van der Waals surface area contributed by atoms with Crippen molar-refractivity contribution in [3.63, 3.8) is 0 Å². The molecule has 1 aromatic heterocycles. The van der Waals surface area contributed by atoms with Crippen molar-refractivity contribution in [1.29, 1.82) is 0 Å². The summed E-state index contributed by atoms with van der Waals surface area (Å²) in [5, 5.41) is 14.1. The summed E-state index contributed by atoms with van der Waals surface area (Å²) in [7, 11) is 0. The number of hydrogen-bond donors (Lipinski definition) is 1. The van der Waals surface area contributed by atoms with Gasteiger partial charge in [0, 0.05) is 17.1 Å². The Morgan fingerprint density at radius 2 is 1.72 bits per heavy atom. The number of aromatic nitrogens is 3. The molecule has 0 aliphatic heterocycles. The molecule has 170 valence electrons. The molecule has 0 radical (unpaired) electrons. The molecule has 5 aliphatic carbocycles. The Morgan fingerprint density at radius 3 is 2.38 bits per heavy atom. The lowest BCUT2D eigenvalue weighted by Gasteiger charge is -2.56. The number of nitrogens with zero attached hydrogens (tertiary/aromatic N) is 3. The second-order valence-electron chi connectivity index (χ2n) is 10.6. The molecular weight excluding hydrogens is 440 g/mol. The standard InChI is InChI=1S/C25H31ClN4OS/c26-21-8-4-3-7-20(21)23-28-29-24(30(23)19-5-1-2-6-19)32-15-22(31)27-25-12-16-9-17(13-25)11-18(10-16)14-25/h3-4,7-8,16-19H,1-2,5-6,9-15H2,(H,27,31). The number of carbonyl (C=O) groups is 1. The van der Waals surface area contributed by atoms with E-state index in [0.29, 0.717) is 16.8 Å². The average Bonchev–Trinajstić information content (AvgIpc) is 3.41. The third-order valence-electron chi connectivity index (χ3n) is 8.24. The fraction of sp³-hybridized carbons (Fsp3) is 0.640. The minimum Gasteiger partial charge on any atom is -0.350 e. The van der Waals surface area contributed by atoms with Crippen LogP contribution in [0.5, 0.6) is 0 Å². The Bertz CT molecular complexity index is 980. The largest absolute Gasteiger partial charge is 0.350 e. The van der Waals surface area contributed by atoms with Crippen LogP contribution in [0.25, 0.3) is 11.4 Å². The second kappa shape index (κ2) is 8.35. The zero-order valence-corrected chi connectivity index (χ0v) is 20.0. The Morgan fingerprint density at radius 1 is 1.06 bits per heavy atom. The molecule has 0 spiro atoms. The monoisotopic (exact) mass is 470 g/mol. The van der Waals surface area contributed by atoms with Crippen molar-refractivity contribution in [1.82, 2.24) is 20.1 Å². The van der Waals surface area contributed by atoms with Gasteiger partial charge in [0.05, 0.1) is 10.8 Å². The van der Waals surface area contributed by atoms with Crippen molar-refractivity contribution in [2.24, 2.45) is 17.8 Å². The van der Waals surface area contributed by atoms with Gasteiger partial charge in [0.2, 0.25) is 5.91 Å². The van der Waals surface area contributed by atoms with Gasteiger partial charge in [-0.3, -0.25) is 9.36 Å². The first kappa shape index (κ1) is 21.0. The van der Waals surface area contributed by atoms with Gasteiger partial charge in [-0.1, -0.05) is 48.3 Å². The Labute approximate surface area is 199 Å². The molecule has 4 bridgehead atoms. The first-order valence-corrected chi connectivity index (χ1v) is 13.6. The van der Waals surface area contributed by atoms with Gasteiger partial charge in [0.25, 0.3) is 0 Å². The van der Waals surface area contributed by atoms with E-state index in [2.05, 4.69) is 20.1 Å². The van der Waals surface area contributed by atoms with Crippen LogP contribution in [-0.2, 0) is 4.79 Å². The maximum Gasteiger partial charge on any atom is 0.230 e. The van der Waals surface area contributed by atoms with E-state index in [1.807, 2.05) is 24.3 Å². The minimum absolute atomic E-state index is 0.0637.